The third-order valence-electron chi connectivity index (χ3n) is 6.04. The number of carbonyl (C=O) groups excluding carboxylic acids is 1. The lowest BCUT2D eigenvalue weighted by molar-refractivity contribution is 0.100. The molecule has 7 heteroatoms. The molecule has 0 radical (unpaired) electrons. The minimum Gasteiger partial charge on any atom is -0.347 e. The molecule has 0 unspecified atom stereocenters. The van der Waals surface area contributed by atoms with Crippen LogP contribution in [0.2, 0.25) is 0 Å². The molecule has 4 aromatic rings. The Hall–Kier alpha value is -3.16. The molecule has 0 N–H and O–H groups in total. The van der Waals surface area contributed by atoms with E-state index in [4.69, 9.17) is 4.98 Å². The van der Waals surface area contributed by atoms with Crippen molar-refractivity contribution in [3.05, 3.63) is 76.7 Å². The lowest BCUT2D eigenvalue weighted by Crippen LogP contribution is -2.18. The Labute approximate surface area is 196 Å². The highest BCUT2D eigenvalue weighted by Crippen LogP contribution is 2.31. The molecule has 3 heterocycles. The fraction of sp³-hybridized carbons (Fsp3) is 0.269. The number of hydrogen-bond donors (Lipinski definition) is 0. The normalized spacial score (nSPS) is 14.6. The van der Waals surface area contributed by atoms with Gasteiger partial charge in [0.2, 0.25) is 0 Å². The monoisotopic (exact) mass is 460 g/mol. The second-order valence-corrected chi connectivity index (χ2v) is 9.16. The van der Waals surface area contributed by atoms with E-state index in [0.717, 1.165) is 53.3 Å². The molecule has 2 aromatic carbocycles. The Balaban J connectivity index is 1.44. The van der Waals surface area contributed by atoms with Gasteiger partial charge in [-0.25, -0.2) is 14.4 Å². The van der Waals surface area contributed by atoms with Crippen molar-refractivity contribution in [3.8, 4) is 10.6 Å². The summed E-state index contributed by atoms with van der Waals surface area (Å²) < 4.78 is 15.2. The average Bonchev–Trinajstić information content (AvgIpc) is 3.58. The van der Waals surface area contributed by atoms with Crippen molar-refractivity contribution < 1.29 is 9.18 Å². The van der Waals surface area contributed by atoms with Crippen LogP contribution in [-0.2, 0) is 13.1 Å². The maximum atomic E-state index is 13.1. The van der Waals surface area contributed by atoms with Crippen molar-refractivity contribution in [2.24, 2.45) is 4.99 Å². The molecule has 1 amide bonds. The molecule has 0 spiro atoms. The quantitative estimate of drug-likeness (QED) is 0.343. The molecule has 33 heavy (non-hydrogen) atoms. The zero-order chi connectivity index (χ0) is 22.8. The number of rotatable bonds is 6. The third-order valence-corrected chi connectivity index (χ3v) is 6.98. The number of thiazole rings is 1. The number of aromatic nitrogens is 2. The lowest BCUT2D eigenvalue weighted by Gasteiger charge is -2.11. The van der Waals surface area contributed by atoms with E-state index in [9.17, 15) is 9.18 Å². The number of amides is 1. The van der Waals surface area contributed by atoms with Crippen LogP contribution < -0.4 is 0 Å². The van der Waals surface area contributed by atoms with Gasteiger partial charge in [-0.1, -0.05) is 12.1 Å². The Kier molecular flexibility index (Phi) is 6.15. The van der Waals surface area contributed by atoms with Crippen LogP contribution in [0, 0.1) is 5.82 Å². The van der Waals surface area contributed by atoms with Crippen LogP contribution in [0.25, 0.3) is 21.5 Å². The topological polar surface area (TPSA) is 50.5 Å². The predicted octanol–water partition coefficient (Wildman–Crippen LogP) is 5.78. The van der Waals surface area contributed by atoms with Gasteiger partial charge in [-0.15, -0.1) is 11.3 Å². The number of aliphatic imine (C=N–C) groups is 1. The molecule has 5 nitrogen and oxygen atoms in total. The van der Waals surface area contributed by atoms with Crippen LogP contribution in [0.1, 0.15) is 41.4 Å². The van der Waals surface area contributed by atoms with Crippen LogP contribution in [0.5, 0.6) is 0 Å². The van der Waals surface area contributed by atoms with Gasteiger partial charge < -0.3 is 4.57 Å². The molecule has 1 saturated heterocycles. The summed E-state index contributed by atoms with van der Waals surface area (Å²) in [6.07, 6.45) is 5.87. The number of benzene rings is 2. The molecular formula is C26H25FN4OS. The maximum absolute atomic E-state index is 13.1. The molecule has 0 saturated carbocycles. The molecule has 0 aliphatic carbocycles. The number of fused-ring (bicyclic) bond motifs is 1. The Morgan fingerprint density at radius 2 is 1.97 bits per heavy atom. The first kappa shape index (κ1) is 21.7. The van der Waals surface area contributed by atoms with Gasteiger partial charge in [-0.05, 0) is 68.8 Å². The van der Waals surface area contributed by atoms with Gasteiger partial charge in [-0.2, -0.15) is 0 Å². The van der Waals surface area contributed by atoms with E-state index in [-0.39, 0.29) is 11.7 Å². The molecule has 0 bridgehead atoms. The number of hydrogen-bond acceptors (Lipinski definition) is 4. The van der Waals surface area contributed by atoms with E-state index >= 15 is 0 Å². The van der Waals surface area contributed by atoms with Gasteiger partial charge in [0.25, 0.3) is 5.91 Å². The number of nitrogens with zero attached hydrogens (tertiary/aromatic N) is 4. The summed E-state index contributed by atoms with van der Waals surface area (Å²) in [5.74, 6) is -0.634. The largest absolute Gasteiger partial charge is 0.347 e. The van der Waals surface area contributed by atoms with Crippen LogP contribution >= 0.6 is 11.3 Å². The van der Waals surface area contributed by atoms with Crippen molar-refractivity contribution in [3.63, 3.8) is 0 Å². The molecule has 1 aliphatic rings. The SMILES string of the molecule is CCn1cc(C(=O)/N=C/c2ccc(F)cc2)c2cc(-c3nc(CN4CCCC4)cs3)ccc21. The Morgan fingerprint density at radius 3 is 2.73 bits per heavy atom. The van der Waals surface area contributed by atoms with Gasteiger partial charge in [-0.3, -0.25) is 9.69 Å². The van der Waals surface area contributed by atoms with Crippen molar-refractivity contribution in [1.29, 1.82) is 0 Å². The van der Waals surface area contributed by atoms with Gasteiger partial charge in [0, 0.05) is 47.3 Å². The fourth-order valence-corrected chi connectivity index (χ4v) is 5.10. The molecule has 5 rings (SSSR count). The summed E-state index contributed by atoms with van der Waals surface area (Å²) >= 11 is 1.64. The van der Waals surface area contributed by atoms with Crippen molar-refractivity contribution in [2.75, 3.05) is 13.1 Å². The second-order valence-electron chi connectivity index (χ2n) is 8.30. The summed E-state index contributed by atoms with van der Waals surface area (Å²) in [7, 11) is 0. The number of carbonyl (C=O) groups is 1. The summed E-state index contributed by atoms with van der Waals surface area (Å²) in [5, 5.41) is 3.96. The third kappa shape index (κ3) is 4.65. The first-order chi connectivity index (χ1) is 16.1. The smallest absolute Gasteiger partial charge is 0.279 e. The minimum absolute atomic E-state index is 0.317. The summed E-state index contributed by atoms with van der Waals surface area (Å²) in [4.78, 5) is 24.4. The highest BCUT2D eigenvalue weighted by Gasteiger charge is 2.17. The first-order valence-corrected chi connectivity index (χ1v) is 12.1. The van der Waals surface area contributed by atoms with Gasteiger partial charge in [0.05, 0.1) is 11.3 Å². The van der Waals surface area contributed by atoms with Crippen LogP contribution in [0.4, 0.5) is 4.39 Å². The van der Waals surface area contributed by atoms with Crippen LogP contribution in [0.3, 0.4) is 0 Å². The van der Waals surface area contributed by atoms with Gasteiger partial charge in [0.15, 0.2) is 0 Å². The molecule has 168 valence electrons. The number of likely N-dealkylation sites (tertiary alicyclic amines) is 1. The molecular weight excluding hydrogens is 435 g/mol. The molecule has 0 atom stereocenters. The van der Waals surface area contributed by atoms with E-state index < -0.39 is 0 Å². The van der Waals surface area contributed by atoms with Crippen LogP contribution in [0.15, 0.2) is 59.0 Å². The molecule has 2 aromatic heterocycles. The van der Waals surface area contributed by atoms with Crippen molar-refractivity contribution >= 4 is 34.4 Å². The Morgan fingerprint density at radius 1 is 1.18 bits per heavy atom. The molecule has 1 fully saturated rings. The number of halogens is 1. The van der Waals surface area contributed by atoms with Crippen molar-refractivity contribution in [2.45, 2.75) is 32.9 Å². The predicted molar refractivity (Wildman–Crippen MR) is 132 cm³/mol. The van der Waals surface area contributed by atoms with E-state index in [0.29, 0.717) is 11.1 Å². The summed E-state index contributed by atoms with van der Waals surface area (Å²) in [5.41, 5.74) is 4.34. The summed E-state index contributed by atoms with van der Waals surface area (Å²) in [6.45, 7) is 5.99. The zero-order valence-corrected chi connectivity index (χ0v) is 19.3. The fourth-order valence-electron chi connectivity index (χ4n) is 4.30. The van der Waals surface area contributed by atoms with Crippen LogP contribution in [-0.4, -0.2) is 39.7 Å². The second kappa shape index (κ2) is 9.37. The van der Waals surface area contributed by atoms with E-state index in [1.54, 1.807) is 23.5 Å². The van der Waals surface area contributed by atoms with Gasteiger partial charge in [0.1, 0.15) is 10.8 Å². The zero-order valence-electron chi connectivity index (χ0n) is 18.5. The van der Waals surface area contributed by atoms with E-state index in [2.05, 4.69) is 38.9 Å². The van der Waals surface area contributed by atoms with Crippen molar-refractivity contribution in [1.82, 2.24) is 14.5 Å². The Bertz CT molecular complexity index is 1320. The highest BCUT2D eigenvalue weighted by atomic mass is 32.1. The van der Waals surface area contributed by atoms with Gasteiger partial charge >= 0.3 is 0 Å². The first-order valence-electron chi connectivity index (χ1n) is 11.2. The van der Waals surface area contributed by atoms with E-state index in [1.807, 2.05) is 12.3 Å². The minimum atomic E-state index is -0.317. The number of aryl methyl sites for hydroxylation is 1. The molecule has 1 aliphatic heterocycles. The lowest BCUT2D eigenvalue weighted by atomic mass is 10.1. The summed E-state index contributed by atoms with van der Waals surface area (Å²) in [6, 6.07) is 12.1. The maximum Gasteiger partial charge on any atom is 0.279 e. The standard InChI is InChI=1S/C26H25FN4OS/c1-2-31-16-23(25(32)28-14-18-5-8-20(27)9-6-18)22-13-19(7-10-24(22)31)26-29-21(17-33-26)15-30-11-3-4-12-30/h5-10,13-14,16-17H,2-4,11-12,15H2,1H3/b28-14+. The average molecular weight is 461 g/mol. The van der Waals surface area contributed by atoms with E-state index in [1.165, 1.54) is 31.2 Å². The highest BCUT2D eigenvalue weighted by molar-refractivity contribution is 7.13.